The normalized spacial score (nSPS) is 14.4. The minimum atomic E-state index is -4.47. The highest BCUT2D eigenvalue weighted by Crippen LogP contribution is 2.34. The van der Waals surface area contributed by atoms with Crippen molar-refractivity contribution >= 4 is 5.91 Å². The lowest BCUT2D eigenvalue weighted by Crippen LogP contribution is -2.37. The number of hydrogen-bond donors (Lipinski definition) is 0. The molecule has 3 aromatic heterocycles. The van der Waals surface area contributed by atoms with Gasteiger partial charge in [-0.05, 0) is 56.0 Å². The molecule has 0 saturated heterocycles. The van der Waals surface area contributed by atoms with Crippen molar-refractivity contribution in [3.63, 3.8) is 0 Å². The van der Waals surface area contributed by atoms with E-state index >= 15 is 0 Å². The first-order valence-electron chi connectivity index (χ1n) is 11.4. The minimum absolute atomic E-state index is 0.138. The Morgan fingerprint density at radius 1 is 1.08 bits per heavy atom. The first kappa shape index (κ1) is 23.6. The third kappa shape index (κ3) is 4.95. The number of hydrogen-bond acceptors (Lipinski definition) is 6. The summed E-state index contributed by atoms with van der Waals surface area (Å²) in [5.41, 5.74) is -0.0709. The average molecular weight is 493 g/mol. The quantitative estimate of drug-likeness (QED) is 0.369. The Morgan fingerprint density at radius 3 is 2.56 bits per heavy atom. The van der Waals surface area contributed by atoms with E-state index in [0.717, 1.165) is 25.0 Å². The Bertz CT molecular complexity index is 1370. The molecule has 1 unspecified atom stereocenters. The summed E-state index contributed by atoms with van der Waals surface area (Å²) in [6.45, 7) is 2.35. The van der Waals surface area contributed by atoms with E-state index in [1.54, 1.807) is 47.6 Å². The van der Waals surface area contributed by atoms with Crippen LogP contribution in [0.25, 0.3) is 17.2 Å². The van der Waals surface area contributed by atoms with Gasteiger partial charge in [0.2, 0.25) is 0 Å². The highest BCUT2D eigenvalue weighted by Gasteiger charge is 2.34. The van der Waals surface area contributed by atoms with E-state index in [1.165, 1.54) is 17.1 Å². The number of benzene rings is 1. The topological polar surface area (TPSA) is 89.7 Å². The van der Waals surface area contributed by atoms with E-state index < -0.39 is 17.8 Å². The van der Waals surface area contributed by atoms with Gasteiger partial charge in [-0.1, -0.05) is 18.2 Å². The summed E-state index contributed by atoms with van der Waals surface area (Å²) >= 11 is 0. The molecule has 0 bridgehead atoms. The summed E-state index contributed by atoms with van der Waals surface area (Å²) in [5, 5.41) is 4.23. The van der Waals surface area contributed by atoms with Gasteiger partial charge in [-0.2, -0.15) is 23.0 Å². The molecule has 1 aromatic carbocycles. The van der Waals surface area contributed by atoms with Gasteiger partial charge in [0.05, 0.1) is 17.3 Å². The van der Waals surface area contributed by atoms with Crippen molar-refractivity contribution in [1.82, 2.24) is 34.6 Å². The molecule has 5 rings (SSSR count). The predicted molar refractivity (Wildman–Crippen MR) is 124 cm³/mol. The Kier molecular flexibility index (Phi) is 6.21. The molecule has 8 nitrogen and oxygen atoms in total. The van der Waals surface area contributed by atoms with Gasteiger partial charge in [0.15, 0.2) is 5.82 Å². The van der Waals surface area contributed by atoms with Crippen LogP contribution in [-0.4, -0.2) is 47.1 Å². The molecule has 1 saturated carbocycles. The number of nitrogens with zero attached hydrogens (tertiary/aromatic N) is 7. The third-order valence-corrected chi connectivity index (χ3v) is 6.02. The van der Waals surface area contributed by atoms with E-state index in [4.69, 9.17) is 0 Å². The SMILES string of the molecule is CC(c1ncnn1-c1ncccn1)N(CC1CC1)C(=O)c1cccc(-c2cccc(C(F)(F)F)c2)n1. The zero-order chi connectivity index (χ0) is 25.3. The molecular weight excluding hydrogens is 471 g/mol. The van der Waals surface area contributed by atoms with Gasteiger partial charge in [-0.3, -0.25) is 4.79 Å². The van der Waals surface area contributed by atoms with E-state index in [2.05, 4.69) is 25.0 Å². The van der Waals surface area contributed by atoms with Crippen LogP contribution in [0.15, 0.2) is 67.3 Å². The zero-order valence-corrected chi connectivity index (χ0v) is 19.3. The fourth-order valence-electron chi connectivity index (χ4n) is 3.94. The molecule has 0 radical (unpaired) electrons. The summed E-state index contributed by atoms with van der Waals surface area (Å²) in [6.07, 6.45) is 2.13. The number of alkyl halides is 3. The highest BCUT2D eigenvalue weighted by molar-refractivity contribution is 5.93. The van der Waals surface area contributed by atoms with Crippen LogP contribution in [0.3, 0.4) is 0 Å². The van der Waals surface area contributed by atoms with Crippen LogP contribution < -0.4 is 0 Å². The maximum absolute atomic E-state index is 13.7. The molecule has 4 aromatic rings. The van der Waals surface area contributed by atoms with Gasteiger partial charge >= 0.3 is 6.18 Å². The van der Waals surface area contributed by atoms with Crippen molar-refractivity contribution in [3.05, 3.63) is 84.3 Å². The Balaban J connectivity index is 1.47. The second-order valence-electron chi connectivity index (χ2n) is 8.64. The summed E-state index contributed by atoms with van der Waals surface area (Å²) in [5.74, 6) is 0.851. The number of halogens is 3. The second-order valence-corrected chi connectivity index (χ2v) is 8.64. The molecule has 1 aliphatic carbocycles. The van der Waals surface area contributed by atoms with Crippen molar-refractivity contribution in [2.45, 2.75) is 32.0 Å². The first-order valence-corrected chi connectivity index (χ1v) is 11.4. The highest BCUT2D eigenvalue weighted by atomic mass is 19.4. The molecule has 11 heteroatoms. The molecule has 36 heavy (non-hydrogen) atoms. The Morgan fingerprint density at radius 2 is 1.83 bits per heavy atom. The minimum Gasteiger partial charge on any atom is -0.327 e. The Hall–Kier alpha value is -4.15. The van der Waals surface area contributed by atoms with Gasteiger partial charge in [0.1, 0.15) is 12.0 Å². The molecule has 0 spiro atoms. The van der Waals surface area contributed by atoms with Crippen LogP contribution in [-0.2, 0) is 6.18 Å². The van der Waals surface area contributed by atoms with Crippen LogP contribution in [0.4, 0.5) is 13.2 Å². The third-order valence-electron chi connectivity index (χ3n) is 6.02. The van der Waals surface area contributed by atoms with E-state index in [9.17, 15) is 18.0 Å². The second kappa shape index (κ2) is 9.48. The number of carbonyl (C=O) groups excluding carboxylic acids is 1. The molecule has 1 atom stereocenters. The van der Waals surface area contributed by atoms with Gasteiger partial charge in [0.25, 0.3) is 11.9 Å². The largest absolute Gasteiger partial charge is 0.416 e. The molecule has 1 amide bonds. The van der Waals surface area contributed by atoms with E-state index in [1.807, 2.05) is 6.92 Å². The molecule has 3 heterocycles. The van der Waals surface area contributed by atoms with Crippen molar-refractivity contribution in [2.75, 3.05) is 6.54 Å². The van der Waals surface area contributed by atoms with Crippen LogP contribution in [0.5, 0.6) is 0 Å². The van der Waals surface area contributed by atoms with Crippen molar-refractivity contribution in [2.24, 2.45) is 5.92 Å². The number of rotatable bonds is 7. The summed E-state index contributed by atoms with van der Waals surface area (Å²) < 4.78 is 41.1. The van der Waals surface area contributed by atoms with Crippen LogP contribution in [0, 0.1) is 5.92 Å². The number of amides is 1. The zero-order valence-electron chi connectivity index (χ0n) is 19.3. The summed E-state index contributed by atoms with van der Waals surface area (Å²) in [4.78, 5) is 32.6. The van der Waals surface area contributed by atoms with Crippen molar-refractivity contribution in [3.8, 4) is 17.2 Å². The maximum atomic E-state index is 13.7. The number of carbonyl (C=O) groups is 1. The predicted octanol–water partition coefficient (Wildman–Crippen LogP) is 4.75. The molecule has 184 valence electrons. The lowest BCUT2D eigenvalue weighted by atomic mass is 10.1. The van der Waals surface area contributed by atoms with Gasteiger partial charge in [-0.25, -0.2) is 19.9 Å². The molecule has 0 N–H and O–H groups in total. The smallest absolute Gasteiger partial charge is 0.327 e. The standard InChI is InChI=1S/C25H22F3N7O/c1-16(22-31-15-32-35(22)24-29-11-4-12-30-24)34(14-17-9-10-17)23(36)21-8-3-7-20(33-21)18-5-2-6-19(13-18)25(26,27)28/h2-8,11-13,15-17H,9-10,14H2,1H3. The lowest BCUT2D eigenvalue weighted by molar-refractivity contribution is -0.137. The van der Waals surface area contributed by atoms with Gasteiger partial charge in [-0.15, -0.1) is 0 Å². The average Bonchev–Trinajstić information content (AvgIpc) is 3.59. The van der Waals surface area contributed by atoms with E-state index in [-0.39, 0.29) is 22.9 Å². The molecular formula is C25H22F3N7O. The fourth-order valence-corrected chi connectivity index (χ4v) is 3.94. The first-order chi connectivity index (χ1) is 17.3. The van der Waals surface area contributed by atoms with Crippen molar-refractivity contribution in [1.29, 1.82) is 0 Å². The van der Waals surface area contributed by atoms with Gasteiger partial charge < -0.3 is 4.90 Å². The summed E-state index contributed by atoms with van der Waals surface area (Å²) in [7, 11) is 0. The number of pyridine rings is 1. The lowest BCUT2D eigenvalue weighted by Gasteiger charge is -2.28. The molecule has 1 fully saturated rings. The number of aromatic nitrogens is 6. The molecule has 0 aliphatic heterocycles. The van der Waals surface area contributed by atoms with Gasteiger partial charge in [0, 0.05) is 24.5 Å². The summed E-state index contributed by atoms with van der Waals surface area (Å²) in [6, 6.07) is 10.9. The maximum Gasteiger partial charge on any atom is 0.416 e. The van der Waals surface area contributed by atoms with Crippen LogP contribution in [0.1, 0.15) is 47.7 Å². The van der Waals surface area contributed by atoms with Crippen LogP contribution >= 0.6 is 0 Å². The Labute approximate surface area is 204 Å². The fraction of sp³-hybridized carbons (Fsp3) is 0.280. The molecule has 1 aliphatic rings. The van der Waals surface area contributed by atoms with E-state index in [0.29, 0.717) is 24.2 Å². The van der Waals surface area contributed by atoms with Crippen LogP contribution in [0.2, 0.25) is 0 Å². The van der Waals surface area contributed by atoms with Crippen molar-refractivity contribution < 1.29 is 18.0 Å². The monoisotopic (exact) mass is 493 g/mol.